The molecule has 0 aromatic carbocycles. The molecule has 90 valence electrons. The number of nitrogens with zero attached hydrogens (tertiary/aromatic N) is 1. The molecule has 1 saturated heterocycles. The molecule has 2 nitrogen and oxygen atoms in total. The zero-order valence-electron chi connectivity index (χ0n) is 10.8. The second kappa shape index (κ2) is 7.24. The van der Waals surface area contributed by atoms with Gasteiger partial charge in [0.15, 0.2) is 0 Å². The zero-order valence-corrected chi connectivity index (χ0v) is 10.8. The lowest BCUT2D eigenvalue weighted by molar-refractivity contribution is 0.105. The van der Waals surface area contributed by atoms with E-state index < -0.39 is 0 Å². The Hall–Kier alpha value is -0.0800. The minimum atomic E-state index is 0.773. The average molecular weight is 212 g/mol. The van der Waals surface area contributed by atoms with Crippen LogP contribution in [0.25, 0.3) is 0 Å². The van der Waals surface area contributed by atoms with E-state index in [4.69, 9.17) is 0 Å². The van der Waals surface area contributed by atoms with E-state index in [0.29, 0.717) is 0 Å². The summed E-state index contributed by atoms with van der Waals surface area (Å²) in [5.74, 6) is 0. The predicted octanol–water partition coefficient (Wildman–Crippen LogP) is 2.64. The van der Waals surface area contributed by atoms with Gasteiger partial charge in [0.25, 0.3) is 0 Å². The fraction of sp³-hybridized carbons (Fsp3) is 1.00. The summed E-state index contributed by atoms with van der Waals surface area (Å²) >= 11 is 0. The highest BCUT2D eigenvalue weighted by Crippen LogP contribution is 2.16. The lowest BCUT2D eigenvalue weighted by Gasteiger charge is -2.40. The third kappa shape index (κ3) is 4.12. The van der Waals surface area contributed by atoms with E-state index in [-0.39, 0.29) is 0 Å². The molecule has 1 aliphatic rings. The highest BCUT2D eigenvalue weighted by molar-refractivity contribution is 4.82. The highest BCUT2D eigenvalue weighted by atomic mass is 15.2. The third-order valence-corrected chi connectivity index (χ3v) is 3.66. The molecule has 1 fully saturated rings. The Labute approximate surface area is 95.4 Å². The van der Waals surface area contributed by atoms with Crippen LogP contribution in [0.2, 0.25) is 0 Å². The van der Waals surface area contributed by atoms with Gasteiger partial charge in [0.2, 0.25) is 0 Å². The molecular formula is C13H28N2. The van der Waals surface area contributed by atoms with E-state index in [1.165, 1.54) is 51.7 Å². The second-order valence-electron chi connectivity index (χ2n) is 4.85. The van der Waals surface area contributed by atoms with E-state index >= 15 is 0 Å². The molecule has 0 aromatic heterocycles. The zero-order chi connectivity index (χ0) is 11.1. The largest absolute Gasteiger partial charge is 0.314 e. The van der Waals surface area contributed by atoms with Crippen LogP contribution in [0.15, 0.2) is 0 Å². The first kappa shape index (κ1) is 13.0. The topological polar surface area (TPSA) is 15.3 Å². The number of piperazine rings is 1. The standard InChI is InChI=1S/C13H28N2/c1-4-6-7-8-12(3)15-10-9-14-11-13(15)5-2/h12-14H,4-11H2,1-3H3. The Morgan fingerprint density at radius 1 is 1.33 bits per heavy atom. The number of hydrogen-bond donors (Lipinski definition) is 1. The molecule has 0 aliphatic carbocycles. The van der Waals surface area contributed by atoms with Gasteiger partial charge in [-0.1, -0.05) is 33.1 Å². The molecule has 0 aromatic rings. The molecule has 1 N–H and O–H groups in total. The number of nitrogens with one attached hydrogen (secondary N) is 1. The van der Waals surface area contributed by atoms with Crippen molar-refractivity contribution in [3.63, 3.8) is 0 Å². The van der Waals surface area contributed by atoms with E-state index in [9.17, 15) is 0 Å². The molecule has 0 amide bonds. The third-order valence-electron chi connectivity index (χ3n) is 3.66. The van der Waals surface area contributed by atoms with Crippen LogP contribution in [-0.2, 0) is 0 Å². The Morgan fingerprint density at radius 3 is 2.80 bits per heavy atom. The van der Waals surface area contributed by atoms with Crippen molar-refractivity contribution in [2.45, 2.75) is 65.0 Å². The molecule has 0 bridgehead atoms. The summed E-state index contributed by atoms with van der Waals surface area (Å²) in [5.41, 5.74) is 0. The van der Waals surface area contributed by atoms with Crippen LogP contribution in [0.1, 0.15) is 52.9 Å². The maximum atomic E-state index is 3.50. The highest BCUT2D eigenvalue weighted by Gasteiger charge is 2.24. The minimum absolute atomic E-state index is 0.773. The Kier molecular flexibility index (Phi) is 6.26. The van der Waals surface area contributed by atoms with Crippen molar-refractivity contribution < 1.29 is 0 Å². The van der Waals surface area contributed by atoms with Crippen LogP contribution >= 0.6 is 0 Å². The van der Waals surface area contributed by atoms with E-state index in [1.807, 2.05) is 0 Å². The number of hydrogen-bond acceptors (Lipinski definition) is 2. The summed E-state index contributed by atoms with van der Waals surface area (Å²) in [6, 6.07) is 1.55. The maximum absolute atomic E-state index is 3.50. The molecule has 0 spiro atoms. The van der Waals surface area contributed by atoms with Crippen LogP contribution in [0.4, 0.5) is 0 Å². The van der Waals surface area contributed by atoms with Crippen molar-refractivity contribution in [3.05, 3.63) is 0 Å². The van der Waals surface area contributed by atoms with Gasteiger partial charge in [-0.05, 0) is 19.8 Å². The molecular weight excluding hydrogens is 184 g/mol. The van der Waals surface area contributed by atoms with E-state index in [2.05, 4.69) is 31.0 Å². The van der Waals surface area contributed by atoms with Gasteiger partial charge in [0, 0.05) is 31.7 Å². The monoisotopic (exact) mass is 212 g/mol. The summed E-state index contributed by atoms with van der Waals surface area (Å²) in [5, 5.41) is 3.50. The van der Waals surface area contributed by atoms with Gasteiger partial charge in [-0.3, -0.25) is 4.90 Å². The smallest absolute Gasteiger partial charge is 0.0221 e. The van der Waals surface area contributed by atoms with Gasteiger partial charge in [0.1, 0.15) is 0 Å². The first-order valence-corrected chi connectivity index (χ1v) is 6.76. The molecule has 1 aliphatic heterocycles. The van der Waals surface area contributed by atoms with Gasteiger partial charge in [0.05, 0.1) is 0 Å². The molecule has 15 heavy (non-hydrogen) atoms. The SMILES string of the molecule is CCCCCC(C)N1CCNCC1CC. The first-order valence-electron chi connectivity index (χ1n) is 6.76. The fourth-order valence-electron chi connectivity index (χ4n) is 2.59. The van der Waals surface area contributed by atoms with Crippen molar-refractivity contribution in [3.8, 4) is 0 Å². The lowest BCUT2D eigenvalue weighted by Crippen LogP contribution is -2.54. The summed E-state index contributed by atoms with van der Waals surface area (Å²) < 4.78 is 0. The molecule has 1 heterocycles. The molecule has 2 unspecified atom stereocenters. The van der Waals surface area contributed by atoms with Gasteiger partial charge in [-0.2, -0.15) is 0 Å². The molecule has 1 rings (SSSR count). The predicted molar refractivity (Wildman–Crippen MR) is 67.3 cm³/mol. The first-order chi connectivity index (χ1) is 7.29. The Bertz CT molecular complexity index is 159. The van der Waals surface area contributed by atoms with Gasteiger partial charge in [-0.15, -0.1) is 0 Å². The van der Waals surface area contributed by atoms with Crippen LogP contribution in [0.5, 0.6) is 0 Å². The van der Waals surface area contributed by atoms with E-state index in [0.717, 1.165) is 12.1 Å². The van der Waals surface area contributed by atoms with Crippen molar-refractivity contribution >= 4 is 0 Å². The summed E-state index contributed by atoms with van der Waals surface area (Å²) in [6.07, 6.45) is 6.80. The maximum Gasteiger partial charge on any atom is 0.0221 e. The van der Waals surface area contributed by atoms with Gasteiger partial charge < -0.3 is 5.32 Å². The van der Waals surface area contributed by atoms with Crippen molar-refractivity contribution in [2.75, 3.05) is 19.6 Å². The fourth-order valence-corrected chi connectivity index (χ4v) is 2.59. The molecule has 2 heteroatoms. The van der Waals surface area contributed by atoms with Crippen LogP contribution in [0.3, 0.4) is 0 Å². The van der Waals surface area contributed by atoms with Gasteiger partial charge in [-0.25, -0.2) is 0 Å². The minimum Gasteiger partial charge on any atom is -0.314 e. The normalized spacial score (nSPS) is 25.4. The van der Waals surface area contributed by atoms with Crippen LogP contribution < -0.4 is 5.32 Å². The summed E-state index contributed by atoms with van der Waals surface area (Å²) in [6.45, 7) is 10.6. The van der Waals surface area contributed by atoms with Crippen LogP contribution in [0, 0.1) is 0 Å². The summed E-state index contributed by atoms with van der Waals surface area (Å²) in [7, 11) is 0. The summed E-state index contributed by atoms with van der Waals surface area (Å²) in [4.78, 5) is 2.71. The Morgan fingerprint density at radius 2 is 2.13 bits per heavy atom. The number of rotatable bonds is 6. The van der Waals surface area contributed by atoms with Crippen molar-refractivity contribution in [1.29, 1.82) is 0 Å². The average Bonchev–Trinajstić information content (AvgIpc) is 2.29. The second-order valence-corrected chi connectivity index (χ2v) is 4.85. The molecule has 0 radical (unpaired) electrons. The Balaban J connectivity index is 2.31. The van der Waals surface area contributed by atoms with Gasteiger partial charge >= 0.3 is 0 Å². The molecule has 2 atom stereocenters. The number of unbranched alkanes of at least 4 members (excludes halogenated alkanes) is 2. The van der Waals surface area contributed by atoms with E-state index in [1.54, 1.807) is 0 Å². The molecule has 0 saturated carbocycles. The van der Waals surface area contributed by atoms with Crippen LogP contribution in [-0.4, -0.2) is 36.6 Å². The van der Waals surface area contributed by atoms with Crippen molar-refractivity contribution in [1.82, 2.24) is 10.2 Å². The van der Waals surface area contributed by atoms with Crippen molar-refractivity contribution in [2.24, 2.45) is 0 Å². The quantitative estimate of drug-likeness (QED) is 0.681. The lowest BCUT2D eigenvalue weighted by atomic mass is 10.0.